The van der Waals surface area contributed by atoms with E-state index in [0.717, 1.165) is 22.5 Å². The second kappa shape index (κ2) is 6.68. The van der Waals surface area contributed by atoms with E-state index in [2.05, 4.69) is 11.0 Å². The number of terminal acetylenes is 1. The van der Waals surface area contributed by atoms with Crippen LogP contribution in [0.1, 0.15) is 5.56 Å². The van der Waals surface area contributed by atoms with Crippen molar-refractivity contribution in [1.82, 2.24) is 9.78 Å². The van der Waals surface area contributed by atoms with Gasteiger partial charge in [-0.3, -0.25) is 0 Å². The van der Waals surface area contributed by atoms with Crippen molar-refractivity contribution in [3.63, 3.8) is 0 Å². The molecule has 23 heavy (non-hydrogen) atoms. The predicted octanol–water partition coefficient (Wildman–Crippen LogP) is 5.68. The Morgan fingerprint density at radius 2 is 1.70 bits per heavy atom. The van der Waals surface area contributed by atoms with E-state index >= 15 is 0 Å². The van der Waals surface area contributed by atoms with E-state index in [1.165, 1.54) is 0 Å². The van der Waals surface area contributed by atoms with Gasteiger partial charge in [0.15, 0.2) is 0 Å². The smallest absolute Gasteiger partial charge is 0.0840 e. The van der Waals surface area contributed by atoms with Gasteiger partial charge in [0.05, 0.1) is 22.6 Å². The van der Waals surface area contributed by atoms with Crippen molar-refractivity contribution in [2.45, 2.75) is 6.42 Å². The van der Waals surface area contributed by atoms with Crippen molar-refractivity contribution in [3.8, 4) is 29.3 Å². The van der Waals surface area contributed by atoms with Gasteiger partial charge >= 0.3 is 0 Å². The molecule has 0 aliphatic carbocycles. The molecule has 0 bridgehead atoms. The third kappa shape index (κ3) is 3.23. The maximum atomic E-state index is 6.33. The van der Waals surface area contributed by atoms with Crippen LogP contribution in [0, 0.1) is 12.3 Å². The van der Waals surface area contributed by atoms with Crippen LogP contribution in [0.25, 0.3) is 16.9 Å². The first-order valence-corrected chi connectivity index (χ1v) is 7.95. The molecule has 114 valence electrons. The lowest BCUT2D eigenvalue weighted by molar-refractivity contribution is 0.888. The van der Waals surface area contributed by atoms with E-state index in [1.54, 1.807) is 23.0 Å². The van der Waals surface area contributed by atoms with Crippen molar-refractivity contribution in [1.29, 1.82) is 0 Å². The minimum Gasteiger partial charge on any atom is -0.231 e. The van der Waals surface area contributed by atoms with E-state index in [-0.39, 0.29) is 0 Å². The van der Waals surface area contributed by atoms with Crippen molar-refractivity contribution in [2.75, 3.05) is 0 Å². The van der Waals surface area contributed by atoms with Crippen molar-refractivity contribution in [2.24, 2.45) is 0 Å². The number of aromatic nitrogens is 2. The Hall–Kier alpha value is -1.92. The number of benzene rings is 2. The molecular weight excluding hydrogens is 351 g/mol. The molecule has 2 nitrogen and oxygen atoms in total. The zero-order chi connectivity index (χ0) is 16.4. The van der Waals surface area contributed by atoms with Crippen LogP contribution < -0.4 is 0 Å². The van der Waals surface area contributed by atoms with Crippen molar-refractivity contribution >= 4 is 34.8 Å². The molecule has 3 rings (SSSR count). The maximum Gasteiger partial charge on any atom is 0.0840 e. The average molecular weight is 362 g/mol. The molecule has 0 spiro atoms. The second-order valence-electron chi connectivity index (χ2n) is 4.91. The summed E-state index contributed by atoms with van der Waals surface area (Å²) in [5.74, 6) is 2.66. The van der Waals surface area contributed by atoms with Crippen LogP contribution in [-0.2, 0) is 6.42 Å². The highest BCUT2D eigenvalue weighted by Gasteiger charge is 2.16. The minimum absolute atomic E-state index is 0.475. The predicted molar refractivity (Wildman–Crippen MR) is 96.6 cm³/mol. The zero-order valence-corrected chi connectivity index (χ0v) is 14.2. The monoisotopic (exact) mass is 360 g/mol. The molecule has 0 fully saturated rings. The Kier molecular flexibility index (Phi) is 4.63. The van der Waals surface area contributed by atoms with E-state index < -0.39 is 0 Å². The lowest BCUT2D eigenvalue weighted by Crippen LogP contribution is -2.01. The van der Waals surface area contributed by atoms with Gasteiger partial charge in [0.1, 0.15) is 0 Å². The van der Waals surface area contributed by atoms with E-state index in [0.29, 0.717) is 21.5 Å². The first kappa shape index (κ1) is 16.0. The van der Waals surface area contributed by atoms with Gasteiger partial charge in [0, 0.05) is 27.6 Å². The van der Waals surface area contributed by atoms with Gasteiger partial charge < -0.3 is 0 Å². The van der Waals surface area contributed by atoms with Crippen LogP contribution in [0.5, 0.6) is 0 Å². The highest BCUT2D eigenvalue weighted by molar-refractivity contribution is 6.35. The Labute approximate surface area is 149 Å². The van der Waals surface area contributed by atoms with Gasteiger partial charge in [0.2, 0.25) is 0 Å². The molecule has 0 radical (unpaired) electrons. The van der Waals surface area contributed by atoms with Crippen molar-refractivity contribution < 1.29 is 0 Å². The van der Waals surface area contributed by atoms with E-state index in [4.69, 9.17) is 41.2 Å². The fourth-order valence-electron chi connectivity index (χ4n) is 2.37. The number of rotatable bonds is 3. The molecule has 5 heteroatoms. The molecule has 0 aliphatic heterocycles. The van der Waals surface area contributed by atoms with E-state index in [1.807, 2.05) is 30.3 Å². The summed E-state index contributed by atoms with van der Waals surface area (Å²) in [7, 11) is 0. The standard InChI is InChI=1S/C18H11Cl3N2/c1-2-3-13-11-22-23(17-9-8-15(20)10-16(17)21)18(13)12-4-6-14(19)7-5-12/h1,4-11H,3H2. The van der Waals surface area contributed by atoms with Gasteiger partial charge in [-0.05, 0) is 30.3 Å². The molecule has 1 heterocycles. The number of nitrogens with zero attached hydrogens (tertiary/aromatic N) is 2. The van der Waals surface area contributed by atoms with Gasteiger partial charge in [-0.25, -0.2) is 4.68 Å². The second-order valence-corrected chi connectivity index (χ2v) is 6.19. The van der Waals surface area contributed by atoms with Crippen LogP contribution in [0.15, 0.2) is 48.7 Å². The first-order chi connectivity index (χ1) is 11.1. The molecule has 3 aromatic rings. The Balaban J connectivity index is 2.22. The van der Waals surface area contributed by atoms with Gasteiger partial charge in [-0.2, -0.15) is 5.10 Å². The number of hydrogen-bond donors (Lipinski definition) is 0. The quantitative estimate of drug-likeness (QED) is 0.549. The average Bonchev–Trinajstić information content (AvgIpc) is 2.92. The summed E-state index contributed by atoms with van der Waals surface area (Å²) in [6.07, 6.45) is 7.71. The largest absolute Gasteiger partial charge is 0.231 e. The molecule has 0 unspecified atom stereocenters. The van der Waals surface area contributed by atoms with Crippen LogP contribution in [0.2, 0.25) is 15.1 Å². The maximum absolute atomic E-state index is 6.33. The summed E-state index contributed by atoms with van der Waals surface area (Å²) in [6, 6.07) is 12.8. The third-order valence-corrected chi connectivity index (χ3v) is 4.18. The molecule has 1 aromatic heterocycles. The highest BCUT2D eigenvalue weighted by Crippen LogP contribution is 2.31. The zero-order valence-electron chi connectivity index (χ0n) is 11.9. The molecular formula is C18H11Cl3N2. The summed E-state index contributed by atoms with van der Waals surface area (Å²) < 4.78 is 1.77. The molecule has 0 aliphatic rings. The normalized spacial score (nSPS) is 10.5. The number of hydrogen-bond acceptors (Lipinski definition) is 1. The molecule has 2 aromatic carbocycles. The minimum atomic E-state index is 0.475. The third-order valence-electron chi connectivity index (χ3n) is 3.39. The summed E-state index contributed by atoms with van der Waals surface area (Å²) in [5.41, 5.74) is 3.54. The lowest BCUT2D eigenvalue weighted by atomic mass is 10.1. The van der Waals surface area contributed by atoms with Gasteiger partial charge in [0.25, 0.3) is 0 Å². The van der Waals surface area contributed by atoms with Gasteiger partial charge in [-0.15, -0.1) is 12.3 Å². The summed E-state index contributed by atoms with van der Waals surface area (Å²) in [4.78, 5) is 0. The van der Waals surface area contributed by atoms with Gasteiger partial charge in [-0.1, -0.05) is 46.9 Å². The SMILES string of the molecule is C#CCc1cnn(-c2ccc(Cl)cc2Cl)c1-c1ccc(Cl)cc1. The van der Waals surface area contributed by atoms with E-state index in [9.17, 15) is 0 Å². The Morgan fingerprint density at radius 1 is 1.00 bits per heavy atom. The Bertz CT molecular complexity index is 890. The van der Waals surface area contributed by atoms with Crippen LogP contribution in [0.4, 0.5) is 0 Å². The van der Waals surface area contributed by atoms with Crippen LogP contribution in [0.3, 0.4) is 0 Å². The highest BCUT2D eigenvalue weighted by atomic mass is 35.5. The molecule has 0 amide bonds. The summed E-state index contributed by atoms with van der Waals surface area (Å²) in [5, 5.41) is 6.21. The molecule has 0 saturated heterocycles. The fraction of sp³-hybridized carbons (Fsp3) is 0.0556. The van der Waals surface area contributed by atoms with Crippen LogP contribution >= 0.6 is 34.8 Å². The lowest BCUT2D eigenvalue weighted by Gasteiger charge is -2.11. The number of halogens is 3. The van der Waals surface area contributed by atoms with Crippen molar-refractivity contribution in [3.05, 3.63) is 69.3 Å². The first-order valence-electron chi connectivity index (χ1n) is 6.82. The summed E-state index contributed by atoms with van der Waals surface area (Å²) >= 11 is 18.3. The molecule has 0 N–H and O–H groups in total. The van der Waals surface area contributed by atoms with Crippen LogP contribution in [-0.4, -0.2) is 9.78 Å². The topological polar surface area (TPSA) is 17.8 Å². The Morgan fingerprint density at radius 3 is 2.35 bits per heavy atom. The fourth-order valence-corrected chi connectivity index (χ4v) is 2.99. The molecule has 0 saturated carbocycles. The summed E-state index contributed by atoms with van der Waals surface area (Å²) in [6.45, 7) is 0. The molecule has 0 atom stereocenters.